The van der Waals surface area contributed by atoms with Crippen LogP contribution in [0.15, 0.2) is 24.3 Å². The molecule has 122 valence electrons. The summed E-state index contributed by atoms with van der Waals surface area (Å²) in [6.45, 7) is 2.87. The van der Waals surface area contributed by atoms with Crippen LogP contribution in [0.2, 0.25) is 0 Å². The van der Waals surface area contributed by atoms with Crippen LogP contribution in [0, 0.1) is 0 Å². The second-order valence-corrected chi connectivity index (χ2v) is 5.18. The van der Waals surface area contributed by atoms with E-state index in [-0.39, 0.29) is 0 Å². The van der Waals surface area contributed by atoms with Gasteiger partial charge in [-0.3, -0.25) is 0 Å². The van der Waals surface area contributed by atoms with Crippen molar-refractivity contribution in [1.82, 2.24) is 0 Å². The molecule has 4 nitrogen and oxygen atoms in total. The van der Waals surface area contributed by atoms with Crippen LogP contribution >= 0.6 is 0 Å². The fourth-order valence-electron chi connectivity index (χ4n) is 2.14. The minimum Gasteiger partial charge on any atom is -0.545 e. The molecule has 0 saturated heterocycles. The van der Waals surface area contributed by atoms with E-state index < -0.39 is 5.97 Å². The van der Waals surface area contributed by atoms with E-state index in [0.717, 1.165) is 18.1 Å². The van der Waals surface area contributed by atoms with Gasteiger partial charge < -0.3 is 19.4 Å². The third-order valence-electron chi connectivity index (χ3n) is 3.36. The lowest BCUT2D eigenvalue weighted by molar-refractivity contribution is -0.297. The number of hydrogen-bond acceptors (Lipinski definition) is 4. The number of carbonyl (C=O) groups is 1. The Morgan fingerprint density at radius 3 is 2.55 bits per heavy atom. The Bertz CT molecular complexity index is 480. The Labute approximate surface area is 132 Å². The van der Waals surface area contributed by atoms with Crippen LogP contribution in [0.5, 0.6) is 11.5 Å². The maximum Gasteiger partial charge on any atom is 0.161 e. The predicted molar refractivity (Wildman–Crippen MR) is 85.9 cm³/mol. The third-order valence-corrected chi connectivity index (χ3v) is 3.36. The fraction of sp³-hybridized carbons (Fsp3) is 0.500. The van der Waals surface area contributed by atoms with Gasteiger partial charge in [0, 0.05) is 0 Å². The Morgan fingerprint density at radius 1 is 1.14 bits per heavy atom. The minimum atomic E-state index is -1.22. The number of methoxy groups -OCH3 is 1. The lowest BCUT2D eigenvalue weighted by atomic mass is 10.1. The maximum atomic E-state index is 10.4. The Hall–Kier alpha value is -1.97. The van der Waals surface area contributed by atoms with E-state index in [1.807, 2.05) is 0 Å². The molecule has 0 aliphatic carbocycles. The van der Waals surface area contributed by atoms with Crippen molar-refractivity contribution in [2.24, 2.45) is 0 Å². The highest BCUT2D eigenvalue weighted by atomic mass is 16.5. The molecule has 0 atom stereocenters. The van der Waals surface area contributed by atoms with Crippen molar-refractivity contribution in [2.45, 2.75) is 45.4 Å². The summed E-state index contributed by atoms with van der Waals surface area (Å²) in [6.07, 6.45) is 9.76. The Kier molecular flexibility index (Phi) is 8.80. The summed E-state index contributed by atoms with van der Waals surface area (Å²) in [7, 11) is 1.57. The van der Waals surface area contributed by atoms with Crippen molar-refractivity contribution >= 4 is 12.0 Å². The van der Waals surface area contributed by atoms with Gasteiger partial charge >= 0.3 is 0 Å². The number of unbranched alkanes of at least 4 members (excludes halogenated alkanes) is 5. The largest absolute Gasteiger partial charge is 0.545 e. The van der Waals surface area contributed by atoms with E-state index in [1.165, 1.54) is 38.2 Å². The van der Waals surface area contributed by atoms with Gasteiger partial charge in [0.15, 0.2) is 11.5 Å². The predicted octanol–water partition coefficient (Wildman–Crippen LogP) is 3.20. The molecule has 0 unspecified atom stereocenters. The van der Waals surface area contributed by atoms with Crippen LogP contribution in [-0.2, 0) is 4.79 Å². The topological polar surface area (TPSA) is 58.6 Å². The summed E-state index contributed by atoms with van der Waals surface area (Å²) >= 11 is 0. The van der Waals surface area contributed by atoms with E-state index in [1.54, 1.807) is 25.3 Å². The van der Waals surface area contributed by atoms with E-state index in [2.05, 4.69) is 6.92 Å². The number of rotatable bonds is 11. The standard InChI is InChI=1S/C18H26O4/c1-3-4-5-6-7-8-13-22-16-11-9-15(10-12-18(19)20)14-17(16)21-2/h9-12,14H,3-8,13H2,1-2H3,(H,19,20)/p-1/b12-10+. The zero-order valence-electron chi connectivity index (χ0n) is 13.5. The smallest absolute Gasteiger partial charge is 0.161 e. The molecule has 4 heteroatoms. The quantitative estimate of drug-likeness (QED) is 0.465. The van der Waals surface area contributed by atoms with Gasteiger partial charge in [-0.05, 0) is 30.2 Å². The van der Waals surface area contributed by atoms with Crippen molar-refractivity contribution in [3.63, 3.8) is 0 Å². The van der Waals surface area contributed by atoms with E-state index in [4.69, 9.17) is 9.47 Å². The Morgan fingerprint density at radius 2 is 1.86 bits per heavy atom. The fourth-order valence-corrected chi connectivity index (χ4v) is 2.14. The first-order valence-electron chi connectivity index (χ1n) is 7.87. The average molecular weight is 305 g/mol. The molecular formula is C18H25O4-. The highest BCUT2D eigenvalue weighted by Crippen LogP contribution is 2.28. The van der Waals surface area contributed by atoms with Gasteiger partial charge in [0.1, 0.15) is 0 Å². The molecule has 1 aromatic rings. The number of carboxylic acid groups (broad SMARTS) is 1. The van der Waals surface area contributed by atoms with Gasteiger partial charge in [-0.15, -0.1) is 0 Å². The normalized spacial score (nSPS) is 10.8. The maximum absolute atomic E-state index is 10.4. The molecule has 0 aliphatic heterocycles. The first-order chi connectivity index (χ1) is 10.7. The highest BCUT2D eigenvalue weighted by Gasteiger charge is 2.04. The SMILES string of the molecule is CCCCCCCCOc1ccc(/C=C/C(=O)[O-])cc1OC. The van der Waals surface area contributed by atoms with Gasteiger partial charge in [0.25, 0.3) is 0 Å². The first-order valence-corrected chi connectivity index (χ1v) is 7.87. The van der Waals surface area contributed by atoms with Crippen LogP contribution in [-0.4, -0.2) is 19.7 Å². The van der Waals surface area contributed by atoms with Gasteiger partial charge in [-0.2, -0.15) is 0 Å². The third kappa shape index (κ3) is 7.16. The number of benzene rings is 1. The van der Waals surface area contributed by atoms with Crippen molar-refractivity contribution in [3.05, 3.63) is 29.8 Å². The zero-order valence-corrected chi connectivity index (χ0v) is 13.5. The van der Waals surface area contributed by atoms with Crippen LogP contribution < -0.4 is 14.6 Å². The average Bonchev–Trinajstić information content (AvgIpc) is 2.52. The number of carbonyl (C=O) groups excluding carboxylic acids is 1. The second kappa shape index (κ2) is 10.7. The molecule has 0 radical (unpaired) electrons. The van der Waals surface area contributed by atoms with Gasteiger partial charge in [-0.25, -0.2) is 0 Å². The molecule has 0 N–H and O–H groups in total. The molecule has 0 fully saturated rings. The van der Waals surface area contributed by atoms with Crippen LogP contribution in [0.25, 0.3) is 6.08 Å². The van der Waals surface area contributed by atoms with E-state index >= 15 is 0 Å². The molecule has 0 amide bonds. The summed E-state index contributed by atoms with van der Waals surface area (Å²) in [5.41, 5.74) is 0.730. The van der Waals surface area contributed by atoms with Crippen LogP contribution in [0.4, 0.5) is 0 Å². The molecule has 0 aromatic heterocycles. The first kappa shape index (κ1) is 18.1. The number of ether oxygens (including phenoxy) is 2. The second-order valence-electron chi connectivity index (χ2n) is 5.18. The number of carboxylic acids is 1. The number of hydrogen-bond donors (Lipinski definition) is 0. The molecule has 1 rings (SSSR count). The lowest BCUT2D eigenvalue weighted by Gasteiger charge is -2.11. The summed E-state index contributed by atoms with van der Waals surface area (Å²) in [5.74, 6) is 0.0653. The Balaban J connectivity index is 2.44. The minimum absolute atomic E-state index is 0.603. The van der Waals surface area contributed by atoms with Crippen molar-refractivity contribution in [2.75, 3.05) is 13.7 Å². The number of aliphatic carboxylic acids is 1. The molecule has 0 aliphatic rings. The highest BCUT2D eigenvalue weighted by molar-refractivity contribution is 5.83. The molecule has 22 heavy (non-hydrogen) atoms. The van der Waals surface area contributed by atoms with Crippen molar-refractivity contribution in [3.8, 4) is 11.5 Å². The van der Waals surface area contributed by atoms with E-state index in [9.17, 15) is 9.90 Å². The van der Waals surface area contributed by atoms with Gasteiger partial charge in [-0.1, -0.05) is 51.2 Å². The van der Waals surface area contributed by atoms with Gasteiger partial charge in [0.2, 0.25) is 0 Å². The van der Waals surface area contributed by atoms with Crippen LogP contribution in [0.3, 0.4) is 0 Å². The molecule has 0 spiro atoms. The summed E-state index contributed by atoms with van der Waals surface area (Å²) in [5, 5.41) is 10.4. The lowest BCUT2D eigenvalue weighted by Crippen LogP contribution is -2.18. The van der Waals surface area contributed by atoms with Crippen LogP contribution in [0.1, 0.15) is 51.0 Å². The molecular weight excluding hydrogens is 280 g/mol. The van der Waals surface area contributed by atoms with Crippen molar-refractivity contribution < 1.29 is 19.4 Å². The van der Waals surface area contributed by atoms with E-state index in [0.29, 0.717) is 18.1 Å². The monoisotopic (exact) mass is 305 g/mol. The molecule has 0 saturated carbocycles. The summed E-state index contributed by atoms with van der Waals surface area (Å²) in [4.78, 5) is 10.4. The molecule has 1 aromatic carbocycles. The molecule has 0 bridgehead atoms. The summed E-state index contributed by atoms with van der Waals surface area (Å²) < 4.78 is 11.0. The molecule has 0 heterocycles. The van der Waals surface area contributed by atoms with Crippen molar-refractivity contribution in [1.29, 1.82) is 0 Å². The summed E-state index contributed by atoms with van der Waals surface area (Å²) in [6, 6.07) is 5.33. The van der Waals surface area contributed by atoms with Gasteiger partial charge in [0.05, 0.1) is 19.7 Å². The zero-order chi connectivity index (χ0) is 16.2.